The van der Waals surface area contributed by atoms with Crippen LogP contribution in [0.4, 0.5) is 13.2 Å². The Morgan fingerprint density at radius 1 is 1.06 bits per heavy atom. The zero-order valence-electron chi connectivity index (χ0n) is 17.6. The summed E-state index contributed by atoms with van der Waals surface area (Å²) in [6.07, 6.45) is -5.79. The molecule has 2 bridgehead atoms. The van der Waals surface area contributed by atoms with Gasteiger partial charge >= 0.3 is 23.9 Å². The van der Waals surface area contributed by atoms with Gasteiger partial charge in [0.15, 0.2) is 11.9 Å². The molecule has 176 valence electrons. The van der Waals surface area contributed by atoms with Crippen molar-refractivity contribution in [3.63, 3.8) is 0 Å². The van der Waals surface area contributed by atoms with Crippen LogP contribution in [0.3, 0.4) is 0 Å². The molecular formula is C20H27F3O8. The fraction of sp³-hybridized carbons (Fsp3) is 0.900. The van der Waals surface area contributed by atoms with E-state index in [-0.39, 0.29) is 11.8 Å². The normalized spacial score (nSPS) is 46.7. The van der Waals surface area contributed by atoms with E-state index in [1.165, 1.54) is 6.92 Å². The quantitative estimate of drug-likeness (QED) is 0.511. The minimum absolute atomic E-state index is 0.152. The average Bonchev–Trinajstić information content (AvgIpc) is 2.89. The van der Waals surface area contributed by atoms with Gasteiger partial charge in [-0.2, -0.15) is 13.2 Å². The predicted octanol–water partition coefficient (Wildman–Crippen LogP) is 3.53. The topological polar surface area (TPSA) is 101 Å². The Kier molecular flexibility index (Phi) is 5.35. The smallest absolute Gasteiger partial charge is 0.455 e. The molecule has 1 saturated carbocycles. The molecule has 5 rings (SSSR count). The molecule has 4 saturated heterocycles. The zero-order valence-corrected chi connectivity index (χ0v) is 17.6. The zero-order chi connectivity index (χ0) is 22.8. The highest BCUT2D eigenvalue weighted by molar-refractivity contribution is 5.76. The number of carbonyl (C=O) groups excluding carboxylic acids is 1. The summed E-state index contributed by atoms with van der Waals surface area (Å²) in [5, 5.41) is 8.76. The number of hydrogen-bond donors (Lipinski definition) is 1. The number of fused-ring (bicyclic) bond motifs is 2. The van der Waals surface area contributed by atoms with Crippen LogP contribution in [0, 0.1) is 23.7 Å². The summed E-state index contributed by atoms with van der Waals surface area (Å²) in [5.74, 6) is -9.24. The molecule has 4 aliphatic heterocycles. The lowest BCUT2D eigenvalue weighted by Crippen LogP contribution is -2.76. The van der Waals surface area contributed by atoms with Crippen LogP contribution >= 0.6 is 0 Å². The van der Waals surface area contributed by atoms with Crippen LogP contribution in [0.1, 0.15) is 59.3 Å². The molecule has 1 N–H and O–H groups in total. The average molecular weight is 452 g/mol. The first-order valence-electron chi connectivity index (χ1n) is 10.6. The van der Waals surface area contributed by atoms with E-state index in [4.69, 9.17) is 29.1 Å². The fourth-order valence-electron chi connectivity index (χ4n) is 5.85. The maximum atomic E-state index is 14.5. The summed E-state index contributed by atoms with van der Waals surface area (Å²) >= 11 is 0. The molecule has 4 heterocycles. The van der Waals surface area contributed by atoms with Gasteiger partial charge in [-0.1, -0.05) is 13.8 Å². The number of carboxylic acid groups (broad SMARTS) is 1. The molecule has 1 spiro atoms. The first kappa shape index (κ1) is 22.8. The number of rotatable bonds is 4. The van der Waals surface area contributed by atoms with Gasteiger partial charge < -0.3 is 14.6 Å². The largest absolute Gasteiger partial charge is 0.481 e. The Labute approximate surface area is 177 Å². The second kappa shape index (κ2) is 7.29. The number of carboxylic acids is 1. The standard InChI is InChI=1S/C20H27F3O8/c1-10-4-5-13-11(2)19(20(21,22)23,27-15(26)7-6-14(24)25)29-16-18(13)12(10)8-9-17(3,28-16)30-31-18/h10-13,16H,4-9H2,1-3H3,(H,24,25)/t10-,11-,12+,13?,16+,17+,18-,19-/m1/s1. The highest BCUT2D eigenvalue weighted by atomic mass is 19.4. The Bertz CT molecular complexity index is 759. The number of alkyl halides is 3. The second-order valence-corrected chi connectivity index (χ2v) is 9.35. The lowest BCUT2D eigenvalue weighted by atomic mass is 9.57. The summed E-state index contributed by atoms with van der Waals surface area (Å²) in [5.41, 5.74) is -1.25. The molecular weight excluding hydrogens is 425 g/mol. The van der Waals surface area contributed by atoms with Crippen molar-refractivity contribution < 1.29 is 51.9 Å². The maximum absolute atomic E-state index is 14.5. The van der Waals surface area contributed by atoms with Crippen molar-refractivity contribution in [2.24, 2.45) is 23.7 Å². The van der Waals surface area contributed by atoms with E-state index in [0.29, 0.717) is 25.7 Å². The second-order valence-electron chi connectivity index (χ2n) is 9.35. The highest BCUT2D eigenvalue weighted by Gasteiger charge is 2.78. The lowest BCUT2D eigenvalue weighted by Gasteiger charge is -2.62. The summed E-state index contributed by atoms with van der Waals surface area (Å²) in [6, 6.07) is 0. The van der Waals surface area contributed by atoms with Crippen molar-refractivity contribution in [3.8, 4) is 0 Å². The third-order valence-corrected chi connectivity index (χ3v) is 7.46. The molecule has 5 fully saturated rings. The lowest BCUT2D eigenvalue weighted by molar-refractivity contribution is -0.596. The Hall–Kier alpha value is -1.43. The van der Waals surface area contributed by atoms with E-state index in [1.54, 1.807) is 6.92 Å². The summed E-state index contributed by atoms with van der Waals surface area (Å²) in [6.45, 7) is 4.92. The number of esters is 1. The van der Waals surface area contributed by atoms with E-state index in [9.17, 15) is 22.8 Å². The minimum Gasteiger partial charge on any atom is -0.481 e. The molecule has 0 aromatic rings. The molecule has 0 radical (unpaired) electrons. The Balaban J connectivity index is 1.75. The molecule has 0 aromatic heterocycles. The fourth-order valence-corrected chi connectivity index (χ4v) is 5.85. The SMILES string of the molecule is C[C@@H]1CCC2[C@@H](C)[C@](OC(=O)CCC(=O)O)(C(F)(F)F)O[C@@H]3O[C@]4(C)CC[C@@H]1[C@@]23OO4. The van der Waals surface area contributed by atoms with E-state index < -0.39 is 66.3 Å². The minimum atomic E-state index is -5.08. The van der Waals surface area contributed by atoms with Crippen LogP contribution in [0.2, 0.25) is 0 Å². The van der Waals surface area contributed by atoms with Crippen LogP contribution in [0.25, 0.3) is 0 Å². The van der Waals surface area contributed by atoms with Crippen LogP contribution < -0.4 is 0 Å². The van der Waals surface area contributed by atoms with Crippen molar-refractivity contribution in [2.75, 3.05) is 0 Å². The third-order valence-electron chi connectivity index (χ3n) is 7.46. The third kappa shape index (κ3) is 3.35. The molecule has 0 amide bonds. The van der Waals surface area contributed by atoms with Crippen molar-refractivity contribution >= 4 is 11.9 Å². The van der Waals surface area contributed by atoms with Gasteiger partial charge in [0.25, 0.3) is 0 Å². The summed E-state index contributed by atoms with van der Waals surface area (Å²) in [7, 11) is 0. The first-order chi connectivity index (χ1) is 14.3. The van der Waals surface area contributed by atoms with Gasteiger partial charge in [0.1, 0.15) is 0 Å². The van der Waals surface area contributed by atoms with Gasteiger partial charge in [0.05, 0.1) is 12.8 Å². The molecule has 5 aliphatic rings. The number of aliphatic carboxylic acids is 1. The monoisotopic (exact) mass is 452 g/mol. The van der Waals surface area contributed by atoms with Crippen molar-refractivity contribution in [1.82, 2.24) is 0 Å². The Morgan fingerprint density at radius 3 is 2.42 bits per heavy atom. The summed E-state index contributed by atoms with van der Waals surface area (Å²) in [4.78, 5) is 34.4. The summed E-state index contributed by atoms with van der Waals surface area (Å²) < 4.78 is 59.7. The molecule has 0 aromatic carbocycles. The van der Waals surface area contributed by atoms with Crippen LogP contribution in [0.15, 0.2) is 0 Å². The molecule has 11 heteroatoms. The highest BCUT2D eigenvalue weighted by Crippen LogP contribution is 2.64. The van der Waals surface area contributed by atoms with Crippen molar-refractivity contribution in [2.45, 2.75) is 88.9 Å². The first-order valence-corrected chi connectivity index (χ1v) is 10.6. The van der Waals surface area contributed by atoms with Crippen molar-refractivity contribution in [3.05, 3.63) is 0 Å². The van der Waals surface area contributed by atoms with Crippen LogP contribution in [-0.4, -0.2) is 46.7 Å². The molecule has 8 atom stereocenters. The number of carbonyl (C=O) groups is 2. The predicted molar refractivity (Wildman–Crippen MR) is 94.8 cm³/mol. The molecule has 1 aliphatic carbocycles. The van der Waals surface area contributed by atoms with Crippen molar-refractivity contribution in [1.29, 1.82) is 0 Å². The molecule has 8 nitrogen and oxygen atoms in total. The van der Waals surface area contributed by atoms with E-state index >= 15 is 0 Å². The number of halogens is 3. The van der Waals surface area contributed by atoms with Gasteiger partial charge in [-0.25, -0.2) is 9.78 Å². The maximum Gasteiger partial charge on any atom is 0.455 e. The van der Waals surface area contributed by atoms with Crippen LogP contribution in [-0.2, 0) is 33.6 Å². The van der Waals surface area contributed by atoms with Crippen LogP contribution in [0.5, 0.6) is 0 Å². The van der Waals surface area contributed by atoms with E-state index in [1.807, 2.05) is 6.92 Å². The Morgan fingerprint density at radius 2 is 1.77 bits per heavy atom. The number of ether oxygens (including phenoxy) is 3. The van der Waals surface area contributed by atoms with Gasteiger partial charge in [0.2, 0.25) is 5.79 Å². The number of hydrogen-bond acceptors (Lipinski definition) is 7. The van der Waals surface area contributed by atoms with Gasteiger partial charge in [0, 0.05) is 18.3 Å². The van der Waals surface area contributed by atoms with E-state index in [0.717, 1.165) is 0 Å². The molecule has 31 heavy (non-hydrogen) atoms. The van der Waals surface area contributed by atoms with Gasteiger partial charge in [-0.05, 0) is 38.0 Å². The van der Waals surface area contributed by atoms with Gasteiger partial charge in [-0.15, -0.1) is 0 Å². The van der Waals surface area contributed by atoms with Gasteiger partial charge in [-0.3, -0.25) is 14.3 Å². The van der Waals surface area contributed by atoms with E-state index in [2.05, 4.69) is 0 Å². The molecule has 1 unspecified atom stereocenters.